The van der Waals surface area contributed by atoms with Crippen LogP contribution in [0.1, 0.15) is 94.4 Å². The van der Waals surface area contributed by atoms with Crippen molar-refractivity contribution in [2.45, 2.75) is 177 Å². The van der Waals surface area contributed by atoms with Gasteiger partial charge in [-0.1, -0.05) is 39.0 Å². The number of nitriles is 1. The Labute approximate surface area is 357 Å². The Kier molecular flexibility index (Phi) is 17.2. The molecule has 1 aromatic carbocycles. The maximum atomic E-state index is 14.3. The number of hydrogen-bond acceptors (Lipinski definition) is 15. The SMILES string of the molecule is CC[C@H]1OC(=O)[C@H](C)[C@@H](O[C@H]2C[C@@](C)(OC)[C@@H](O)[C@H](C)O2)[C@H](C)[C@@H](O[C@@H]2O[C@H](C)C[C@H](N(C)S(=O)(=O)c3ccccc3)[C@H]2O)[C@](C)(O)C[C@@H](C)CN(CCC#N)C[C@]1(C)O. The van der Waals surface area contributed by atoms with Gasteiger partial charge in [-0.05, 0) is 78.9 Å². The van der Waals surface area contributed by atoms with Gasteiger partial charge in [0, 0.05) is 52.6 Å². The van der Waals surface area contributed by atoms with E-state index in [9.17, 15) is 38.9 Å². The molecule has 0 bridgehead atoms. The second-order valence-electron chi connectivity index (χ2n) is 18.2. The van der Waals surface area contributed by atoms with Gasteiger partial charge in [-0.15, -0.1) is 0 Å². The lowest BCUT2D eigenvalue weighted by atomic mass is 9.77. The summed E-state index contributed by atoms with van der Waals surface area (Å²) in [5.74, 6) is -2.90. The molecule has 17 heteroatoms. The maximum absolute atomic E-state index is 14.3. The summed E-state index contributed by atoms with van der Waals surface area (Å²) in [6, 6.07) is 9.09. The van der Waals surface area contributed by atoms with Gasteiger partial charge in [0.05, 0.1) is 58.5 Å². The molecule has 4 rings (SSSR count). The van der Waals surface area contributed by atoms with Crippen molar-refractivity contribution in [2.75, 3.05) is 33.8 Å². The van der Waals surface area contributed by atoms with E-state index in [1.54, 1.807) is 73.6 Å². The number of nitrogens with zero attached hydrogens (tertiary/aromatic N) is 3. The second kappa shape index (κ2) is 20.5. The Morgan fingerprint density at radius 1 is 1.00 bits per heavy atom. The molecule has 0 radical (unpaired) electrons. The van der Waals surface area contributed by atoms with Gasteiger partial charge in [-0.25, -0.2) is 8.42 Å². The Morgan fingerprint density at radius 2 is 1.65 bits per heavy atom. The molecule has 3 fully saturated rings. The van der Waals surface area contributed by atoms with Crippen molar-refractivity contribution in [1.82, 2.24) is 9.21 Å². The third-order valence-corrected chi connectivity index (χ3v) is 14.7. The topological polar surface area (TPSA) is 218 Å². The molecule has 0 amide bonds. The zero-order valence-corrected chi connectivity index (χ0v) is 38.1. The van der Waals surface area contributed by atoms with Crippen molar-refractivity contribution < 1.29 is 62.1 Å². The van der Waals surface area contributed by atoms with Crippen LogP contribution in [0.4, 0.5) is 0 Å². The Hall–Kier alpha value is -2.31. The lowest BCUT2D eigenvalue weighted by molar-refractivity contribution is -0.317. The van der Waals surface area contributed by atoms with Gasteiger partial charge in [0.25, 0.3) is 0 Å². The van der Waals surface area contributed by atoms with Crippen LogP contribution in [-0.2, 0) is 43.2 Å². The van der Waals surface area contributed by atoms with E-state index in [0.29, 0.717) is 13.1 Å². The van der Waals surface area contributed by atoms with E-state index in [1.807, 2.05) is 11.8 Å². The minimum absolute atomic E-state index is 0.0562. The number of methoxy groups -OCH3 is 1. The number of aliphatic hydroxyl groups excluding tert-OH is 2. The molecule has 16 nitrogen and oxygen atoms in total. The fraction of sp³-hybridized carbons (Fsp3) is 0.814. The van der Waals surface area contributed by atoms with E-state index in [0.717, 1.165) is 4.31 Å². The van der Waals surface area contributed by atoms with Crippen LogP contribution in [0, 0.1) is 29.1 Å². The molecule has 0 aliphatic carbocycles. The van der Waals surface area contributed by atoms with Crippen molar-refractivity contribution in [1.29, 1.82) is 5.26 Å². The summed E-state index contributed by atoms with van der Waals surface area (Å²) in [6.45, 7) is 16.2. The third kappa shape index (κ3) is 11.6. The Morgan fingerprint density at radius 3 is 2.25 bits per heavy atom. The molecule has 0 saturated carbocycles. The monoisotopic (exact) mass is 869 g/mol. The molecule has 60 heavy (non-hydrogen) atoms. The molecule has 16 atom stereocenters. The van der Waals surface area contributed by atoms with Gasteiger partial charge >= 0.3 is 5.97 Å². The highest BCUT2D eigenvalue weighted by atomic mass is 32.2. The van der Waals surface area contributed by atoms with Crippen LogP contribution < -0.4 is 0 Å². The van der Waals surface area contributed by atoms with Gasteiger partial charge in [-0.3, -0.25) is 9.69 Å². The van der Waals surface area contributed by atoms with E-state index in [4.69, 9.17) is 28.4 Å². The number of ether oxygens (including phenoxy) is 6. The van der Waals surface area contributed by atoms with Gasteiger partial charge in [0.1, 0.15) is 23.9 Å². The summed E-state index contributed by atoms with van der Waals surface area (Å²) >= 11 is 0. The van der Waals surface area contributed by atoms with Crippen LogP contribution in [0.3, 0.4) is 0 Å². The molecule has 0 spiro atoms. The van der Waals surface area contributed by atoms with Crippen LogP contribution in [0.25, 0.3) is 0 Å². The van der Waals surface area contributed by atoms with Crippen molar-refractivity contribution in [3.63, 3.8) is 0 Å². The highest BCUT2D eigenvalue weighted by Crippen LogP contribution is 2.40. The third-order valence-electron chi connectivity index (χ3n) is 12.8. The average Bonchev–Trinajstić information content (AvgIpc) is 3.18. The first-order chi connectivity index (χ1) is 27.9. The normalized spacial score (nSPS) is 41.9. The van der Waals surface area contributed by atoms with E-state index >= 15 is 0 Å². The molecule has 3 heterocycles. The average molecular weight is 870 g/mol. The van der Waals surface area contributed by atoms with Crippen LogP contribution in [0.5, 0.6) is 0 Å². The van der Waals surface area contributed by atoms with Gasteiger partial charge < -0.3 is 48.8 Å². The molecule has 3 aliphatic heterocycles. The first-order valence-electron chi connectivity index (χ1n) is 21.2. The number of rotatable bonds is 11. The van der Waals surface area contributed by atoms with Crippen molar-refractivity contribution in [2.24, 2.45) is 17.8 Å². The summed E-state index contributed by atoms with van der Waals surface area (Å²) < 4.78 is 66.4. The number of hydrogen-bond donors (Lipinski definition) is 4. The van der Waals surface area contributed by atoms with Crippen molar-refractivity contribution in [3.8, 4) is 6.07 Å². The zero-order chi connectivity index (χ0) is 45.0. The standard InChI is InChI=1S/C43H71N3O13S/c1-12-33-42(8,51)25-46(20-16-19-44)24-26(2)22-41(7,50)38(28(4)36(29(5)39(49)57-33)58-34-23-43(9,54-11)37(48)30(6)56-34)59-40-35(47)32(21-27(3)55-40)45(10)60(52,53)31-17-14-13-15-18-31/h13-15,17-18,26-30,32-38,40,47-48,50-51H,12,16,20-25H2,1-11H3/t26-,27-,28+,29-,30+,32+,33-,34+,35-,36+,37+,38-,40+,41-,42+,43-/m1/s1. The van der Waals surface area contributed by atoms with Gasteiger partial charge in [-0.2, -0.15) is 9.57 Å². The summed E-state index contributed by atoms with van der Waals surface area (Å²) in [6.07, 6.45) is -8.73. The number of sulfonamides is 1. The summed E-state index contributed by atoms with van der Waals surface area (Å²) in [5.41, 5.74) is -4.31. The summed E-state index contributed by atoms with van der Waals surface area (Å²) in [4.78, 5) is 16.3. The summed E-state index contributed by atoms with van der Waals surface area (Å²) in [5, 5.41) is 56.9. The fourth-order valence-electron chi connectivity index (χ4n) is 9.42. The molecular weight excluding hydrogens is 799 g/mol. The predicted molar refractivity (Wildman–Crippen MR) is 220 cm³/mol. The minimum Gasteiger partial charge on any atom is -0.459 e. The van der Waals surface area contributed by atoms with Crippen molar-refractivity contribution in [3.05, 3.63) is 30.3 Å². The lowest BCUT2D eigenvalue weighted by Crippen LogP contribution is -2.61. The molecule has 3 aliphatic rings. The maximum Gasteiger partial charge on any atom is 0.311 e. The van der Waals surface area contributed by atoms with Crippen LogP contribution in [0.15, 0.2) is 35.2 Å². The number of benzene rings is 1. The van der Waals surface area contributed by atoms with E-state index in [-0.39, 0.29) is 49.5 Å². The van der Waals surface area contributed by atoms with E-state index in [1.165, 1.54) is 26.3 Å². The first-order valence-corrected chi connectivity index (χ1v) is 22.7. The summed E-state index contributed by atoms with van der Waals surface area (Å²) in [7, 11) is -1.17. The van der Waals surface area contributed by atoms with E-state index in [2.05, 4.69) is 6.07 Å². The van der Waals surface area contributed by atoms with Gasteiger partial charge in [0.2, 0.25) is 10.0 Å². The van der Waals surface area contributed by atoms with Crippen molar-refractivity contribution >= 4 is 16.0 Å². The highest BCUT2D eigenvalue weighted by molar-refractivity contribution is 7.89. The second-order valence-corrected chi connectivity index (χ2v) is 20.2. The number of β-amino-alcohol motifs (C(OH)–C–C–N with tert-alkyl or cyclic N) is 1. The van der Waals surface area contributed by atoms with Crippen LogP contribution in [-0.4, -0.2) is 156 Å². The molecule has 342 valence electrons. The number of esters is 1. The quantitative estimate of drug-likeness (QED) is 0.235. The molecule has 4 N–H and O–H groups in total. The first kappa shape index (κ1) is 50.3. The van der Waals surface area contributed by atoms with Gasteiger partial charge in [0.15, 0.2) is 12.6 Å². The minimum atomic E-state index is -4.05. The lowest BCUT2D eigenvalue weighted by Gasteiger charge is -2.49. The highest BCUT2D eigenvalue weighted by Gasteiger charge is 2.52. The molecular formula is C43H71N3O13S. The number of likely N-dealkylation sites (N-methyl/N-ethyl adjacent to an activating group) is 1. The molecule has 0 unspecified atom stereocenters. The molecule has 1 aromatic rings. The fourth-order valence-corrected chi connectivity index (χ4v) is 10.8. The van der Waals surface area contributed by atoms with Crippen LogP contribution in [0.2, 0.25) is 0 Å². The predicted octanol–water partition coefficient (Wildman–Crippen LogP) is 3.19. The Bertz CT molecular complexity index is 1700. The number of carbonyl (C=O) groups is 1. The Balaban J connectivity index is 1.81. The zero-order valence-electron chi connectivity index (χ0n) is 37.3. The molecule has 3 saturated heterocycles. The number of carbonyl (C=O) groups excluding carboxylic acids is 1. The number of cyclic esters (lactones) is 1. The van der Waals surface area contributed by atoms with E-state index < -0.39 is 106 Å². The number of aliphatic hydroxyl groups is 4. The molecule has 0 aromatic heterocycles. The largest absolute Gasteiger partial charge is 0.459 e. The van der Waals surface area contributed by atoms with Crippen LogP contribution >= 0.6 is 0 Å². The smallest absolute Gasteiger partial charge is 0.311 e.